The summed E-state index contributed by atoms with van der Waals surface area (Å²) in [5.74, 6) is 0.241. The molecule has 3 aromatic rings. The number of nitrogens with zero attached hydrogens (tertiary/aromatic N) is 3. The molecule has 0 fully saturated rings. The zero-order valence-electron chi connectivity index (χ0n) is 11.7. The molecular formula is C14H13N5O3. The number of benzene rings is 1. The van der Waals surface area contributed by atoms with Crippen molar-refractivity contribution >= 4 is 17.6 Å². The molecular weight excluding hydrogens is 286 g/mol. The molecule has 1 aromatic carbocycles. The molecule has 2 N–H and O–H groups in total. The minimum Gasteiger partial charge on any atom is -0.444 e. The van der Waals surface area contributed by atoms with Gasteiger partial charge in [-0.3, -0.25) is 15.2 Å². The maximum atomic E-state index is 12.2. The lowest BCUT2D eigenvalue weighted by Crippen LogP contribution is -2.25. The summed E-state index contributed by atoms with van der Waals surface area (Å²) >= 11 is 0. The van der Waals surface area contributed by atoms with Crippen LogP contribution in [0.15, 0.2) is 41.5 Å². The van der Waals surface area contributed by atoms with Crippen LogP contribution >= 0.6 is 0 Å². The molecule has 0 saturated carbocycles. The van der Waals surface area contributed by atoms with Gasteiger partial charge in [0.1, 0.15) is 18.6 Å². The fraction of sp³-hybridized carbons (Fsp3) is 0.143. The number of aromatic amines is 1. The Kier molecular flexibility index (Phi) is 3.57. The number of H-pyrrole nitrogens is 1. The third-order valence-electron chi connectivity index (χ3n) is 3.05. The average Bonchev–Trinajstić information content (AvgIpc) is 2.99. The molecule has 3 rings (SSSR count). The van der Waals surface area contributed by atoms with E-state index in [-0.39, 0.29) is 18.1 Å². The summed E-state index contributed by atoms with van der Waals surface area (Å²) in [6.45, 7) is 1.73. The SMILES string of the molecule is Cc1nc2nc[nH]n2c(=O)c1NC(=O)OCc1ccccc1. The van der Waals surface area contributed by atoms with Crippen LogP contribution in [0.4, 0.5) is 10.5 Å². The molecule has 0 atom stereocenters. The predicted molar refractivity (Wildman–Crippen MR) is 78.6 cm³/mol. The summed E-state index contributed by atoms with van der Waals surface area (Å²) in [5, 5.41) is 5.05. The number of nitrogens with one attached hydrogen (secondary N) is 2. The molecule has 0 aliphatic heterocycles. The number of aryl methyl sites for hydroxylation is 1. The summed E-state index contributed by atoms with van der Waals surface area (Å²) < 4.78 is 6.22. The molecule has 1 amide bonds. The number of carbonyl (C=O) groups excluding carboxylic acids is 1. The van der Waals surface area contributed by atoms with Crippen LogP contribution in [0.25, 0.3) is 5.78 Å². The molecule has 2 aromatic heterocycles. The number of hydrogen-bond donors (Lipinski definition) is 2. The van der Waals surface area contributed by atoms with Crippen molar-refractivity contribution in [1.82, 2.24) is 19.6 Å². The van der Waals surface area contributed by atoms with E-state index in [1.54, 1.807) is 6.92 Å². The monoisotopic (exact) mass is 299 g/mol. The van der Waals surface area contributed by atoms with Crippen molar-refractivity contribution < 1.29 is 9.53 Å². The lowest BCUT2D eigenvalue weighted by atomic mass is 10.2. The second kappa shape index (κ2) is 5.68. The van der Waals surface area contributed by atoms with E-state index in [1.807, 2.05) is 30.3 Å². The fourth-order valence-electron chi connectivity index (χ4n) is 1.97. The van der Waals surface area contributed by atoms with E-state index < -0.39 is 11.7 Å². The Morgan fingerprint density at radius 2 is 2.14 bits per heavy atom. The van der Waals surface area contributed by atoms with Crippen LogP contribution in [0.1, 0.15) is 11.3 Å². The Bertz CT molecular complexity index is 869. The summed E-state index contributed by atoms with van der Waals surface area (Å²) in [6.07, 6.45) is 0.631. The van der Waals surface area contributed by atoms with Crippen LogP contribution in [0, 0.1) is 6.92 Å². The molecule has 8 heteroatoms. The molecule has 0 radical (unpaired) electrons. The van der Waals surface area contributed by atoms with E-state index in [9.17, 15) is 9.59 Å². The number of aromatic nitrogens is 4. The second-order valence-corrected chi connectivity index (χ2v) is 4.59. The average molecular weight is 299 g/mol. The molecule has 2 heterocycles. The van der Waals surface area contributed by atoms with Crippen molar-refractivity contribution in [3.05, 3.63) is 58.3 Å². The zero-order valence-corrected chi connectivity index (χ0v) is 11.7. The Morgan fingerprint density at radius 1 is 1.36 bits per heavy atom. The molecule has 22 heavy (non-hydrogen) atoms. The first kappa shape index (κ1) is 13.8. The Morgan fingerprint density at radius 3 is 2.91 bits per heavy atom. The third-order valence-corrected chi connectivity index (χ3v) is 3.05. The highest BCUT2D eigenvalue weighted by Crippen LogP contribution is 2.08. The van der Waals surface area contributed by atoms with Gasteiger partial charge in [-0.2, -0.15) is 4.52 Å². The van der Waals surface area contributed by atoms with E-state index in [1.165, 1.54) is 6.33 Å². The summed E-state index contributed by atoms with van der Waals surface area (Å²) in [7, 11) is 0. The minimum atomic E-state index is -0.717. The number of ether oxygens (including phenoxy) is 1. The van der Waals surface area contributed by atoms with Gasteiger partial charge in [0, 0.05) is 0 Å². The van der Waals surface area contributed by atoms with Crippen LogP contribution < -0.4 is 10.9 Å². The smallest absolute Gasteiger partial charge is 0.412 e. The van der Waals surface area contributed by atoms with E-state index in [0.29, 0.717) is 5.69 Å². The number of hydrogen-bond acceptors (Lipinski definition) is 5. The first-order valence-electron chi connectivity index (χ1n) is 6.55. The zero-order chi connectivity index (χ0) is 15.5. The predicted octanol–water partition coefficient (Wildman–Crippen LogP) is 1.47. The fourth-order valence-corrected chi connectivity index (χ4v) is 1.97. The highest BCUT2D eigenvalue weighted by molar-refractivity contribution is 5.85. The molecule has 0 bridgehead atoms. The first-order chi connectivity index (χ1) is 10.6. The summed E-state index contributed by atoms with van der Waals surface area (Å²) in [6, 6.07) is 9.25. The van der Waals surface area contributed by atoms with Crippen molar-refractivity contribution in [2.45, 2.75) is 13.5 Å². The van der Waals surface area contributed by atoms with Crippen LogP contribution in [0.5, 0.6) is 0 Å². The largest absolute Gasteiger partial charge is 0.444 e. The van der Waals surface area contributed by atoms with Gasteiger partial charge in [-0.25, -0.2) is 14.8 Å². The van der Waals surface area contributed by atoms with Gasteiger partial charge in [-0.15, -0.1) is 0 Å². The van der Waals surface area contributed by atoms with E-state index in [0.717, 1.165) is 10.1 Å². The van der Waals surface area contributed by atoms with Crippen molar-refractivity contribution in [3.63, 3.8) is 0 Å². The molecule has 0 unspecified atom stereocenters. The quantitative estimate of drug-likeness (QED) is 0.762. The maximum absolute atomic E-state index is 12.2. The van der Waals surface area contributed by atoms with Crippen molar-refractivity contribution in [2.24, 2.45) is 0 Å². The minimum absolute atomic E-state index is 0.0554. The van der Waals surface area contributed by atoms with Gasteiger partial charge in [0.15, 0.2) is 0 Å². The van der Waals surface area contributed by atoms with Crippen molar-refractivity contribution in [2.75, 3.05) is 5.32 Å². The van der Waals surface area contributed by atoms with Crippen molar-refractivity contribution in [3.8, 4) is 0 Å². The van der Waals surface area contributed by atoms with Gasteiger partial charge >= 0.3 is 6.09 Å². The van der Waals surface area contributed by atoms with Gasteiger partial charge in [0.25, 0.3) is 11.3 Å². The highest BCUT2D eigenvalue weighted by Gasteiger charge is 2.14. The van der Waals surface area contributed by atoms with E-state index in [4.69, 9.17) is 4.74 Å². The number of amides is 1. The molecule has 0 saturated heterocycles. The van der Waals surface area contributed by atoms with E-state index >= 15 is 0 Å². The van der Waals surface area contributed by atoms with Gasteiger partial charge in [-0.1, -0.05) is 30.3 Å². The molecule has 0 spiro atoms. The van der Waals surface area contributed by atoms with Crippen LogP contribution in [-0.4, -0.2) is 25.7 Å². The molecule has 112 valence electrons. The van der Waals surface area contributed by atoms with Gasteiger partial charge in [0.2, 0.25) is 0 Å². The normalized spacial score (nSPS) is 10.6. The highest BCUT2D eigenvalue weighted by atomic mass is 16.5. The molecule has 0 aliphatic rings. The van der Waals surface area contributed by atoms with Gasteiger partial charge in [-0.05, 0) is 12.5 Å². The molecule has 8 nitrogen and oxygen atoms in total. The number of rotatable bonds is 3. The van der Waals surface area contributed by atoms with Crippen LogP contribution in [0.2, 0.25) is 0 Å². The topological polar surface area (TPSA) is 101 Å². The maximum Gasteiger partial charge on any atom is 0.412 e. The number of anilines is 1. The number of carbonyl (C=O) groups is 1. The summed E-state index contributed by atoms with van der Waals surface area (Å²) in [4.78, 5) is 32.0. The lowest BCUT2D eigenvalue weighted by molar-refractivity contribution is 0.155. The first-order valence-corrected chi connectivity index (χ1v) is 6.55. The van der Waals surface area contributed by atoms with E-state index in [2.05, 4.69) is 20.4 Å². The van der Waals surface area contributed by atoms with Gasteiger partial charge in [0.05, 0.1) is 5.69 Å². The Labute approximate surface area is 124 Å². The Hall–Kier alpha value is -3.16. The van der Waals surface area contributed by atoms with Crippen molar-refractivity contribution in [1.29, 1.82) is 0 Å². The lowest BCUT2D eigenvalue weighted by Gasteiger charge is -2.08. The third kappa shape index (κ3) is 2.66. The summed E-state index contributed by atoms with van der Waals surface area (Å²) in [5.41, 5.74) is 0.832. The molecule has 0 aliphatic carbocycles. The number of fused-ring (bicyclic) bond motifs is 1. The van der Waals surface area contributed by atoms with Gasteiger partial charge < -0.3 is 4.74 Å². The second-order valence-electron chi connectivity index (χ2n) is 4.59. The standard InChI is InChI=1S/C14H13N5O3/c1-9-11(12(20)19-13(17-9)15-8-16-19)18-14(21)22-7-10-5-3-2-4-6-10/h2-6,8H,7H2,1H3,(H,18,21)(H,15,16,17). The van der Waals surface area contributed by atoms with Crippen LogP contribution in [0.3, 0.4) is 0 Å². The van der Waals surface area contributed by atoms with Crippen LogP contribution in [-0.2, 0) is 11.3 Å². The Balaban J connectivity index is 1.75.